The van der Waals surface area contributed by atoms with Crippen molar-refractivity contribution in [1.82, 2.24) is 4.98 Å². The number of carbonyl (C=O) groups is 1. The molecule has 0 unspecified atom stereocenters. The SMILES string of the molecule is CC(=O)Oc1csc(NS(=O)(=O)c2cccc3c(N(C)C)cccc23)n1. The fourth-order valence-corrected chi connectivity index (χ4v) is 4.65. The van der Waals surface area contributed by atoms with Crippen molar-refractivity contribution in [2.45, 2.75) is 11.8 Å². The fraction of sp³-hybridized carbons (Fsp3) is 0.176. The number of benzene rings is 2. The van der Waals surface area contributed by atoms with Crippen molar-refractivity contribution in [1.29, 1.82) is 0 Å². The molecule has 0 bridgehead atoms. The third kappa shape index (κ3) is 3.63. The highest BCUT2D eigenvalue weighted by atomic mass is 32.2. The van der Waals surface area contributed by atoms with Crippen molar-refractivity contribution < 1.29 is 17.9 Å². The Labute approximate surface area is 155 Å². The lowest BCUT2D eigenvalue weighted by Crippen LogP contribution is -2.14. The monoisotopic (exact) mass is 391 g/mol. The van der Waals surface area contributed by atoms with Crippen LogP contribution in [0.25, 0.3) is 10.8 Å². The summed E-state index contributed by atoms with van der Waals surface area (Å²) in [4.78, 5) is 17.0. The number of ether oxygens (including phenoxy) is 1. The number of aromatic nitrogens is 1. The summed E-state index contributed by atoms with van der Waals surface area (Å²) in [6.07, 6.45) is 0. The summed E-state index contributed by atoms with van der Waals surface area (Å²) < 4.78 is 33.0. The molecule has 1 N–H and O–H groups in total. The van der Waals surface area contributed by atoms with Crippen LogP contribution < -0.4 is 14.4 Å². The lowest BCUT2D eigenvalue weighted by molar-refractivity contribution is -0.132. The summed E-state index contributed by atoms with van der Waals surface area (Å²) in [6.45, 7) is 1.25. The predicted octanol–water partition coefficient (Wildman–Crippen LogP) is 3.09. The minimum Gasteiger partial charge on any atom is -0.407 e. The average molecular weight is 391 g/mol. The maximum Gasteiger partial charge on any atom is 0.309 e. The number of esters is 1. The highest BCUT2D eigenvalue weighted by Crippen LogP contribution is 2.32. The lowest BCUT2D eigenvalue weighted by Gasteiger charge is -2.17. The molecule has 0 saturated carbocycles. The van der Waals surface area contributed by atoms with Crippen molar-refractivity contribution in [3.63, 3.8) is 0 Å². The molecule has 1 aromatic heterocycles. The molecular formula is C17H17N3O4S2. The number of sulfonamides is 1. The minimum atomic E-state index is -3.86. The summed E-state index contributed by atoms with van der Waals surface area (Å²) in [7, 11) is -0.0524. The van der Waals surface area contributed by atoms with Crippen molar-refractivity contribution >= 4 is 48.9 Å². The number of thiazole rings is 1. The smallest absolute Gasteiger partial charge is 0.309 e. The first kappa shape index (κ1) is 18.2. The first-order valence-electron chi connectivity index (χ1n) is 7.64. The average Bonchev–Trinajstić information content (AvgIpc) is 2.98. The quantitative estimate of drug-likeness (QED) is 0.673. The second kappa shape index (κ2) is 6.93. The second-order valence-corrected chi connectivity index (χ2v) is 8.22. The van der Waals surface area contributed by atoms with Crippen LogP contribution in [-0.4, -0.2) is 33.5 Å². The number of anilines is 2. The summed E-state index contributed by atoms with van der Waals surface area (Å²) in [5, 5.41) is 3.04. The first-order valence-corrected chi connectivity index (χ1v) is 10.00. The van der Waals surface area contributed by atoms with E-state index in [2.05, 4.69) is 9.71 Å². The molecule has 0 aliphatic heterocycles. The van der Waals surface area contributed by atoms with Gasteiger partial charge in [0.15, 0.2) is 5.13 Å². The zero-order chi connectivity index (χ0) is 18.9. The van der Waals surface area contributed by atoms with Gasteiger partial charge in [-0.05, 0) is 12.1 Å². The highest BCUT2D eigenvalue weighted by Gasteiger charge is 2.20. The Morgan fingerprint density at radius 2 is 1.85 bits per heavy atom. The summed E-state index contributed by atoms with van der Waals surface area (Å²) >= 11 is 1.04. The Hall–Kier alpha value is -2.65. The summed E-state index contributed by atoms with van der Waals surface area (Å²) in [5.41, 5.74) is 0.922. The van der Waals surface area contributed by atoms with E-state index in [0.29, 0.717) is 5.39 Å². The predicted molar refractivity (Wildman–Crippen MR) is 103 cm³/mol. The zero-order valence-corrected chi connectivity index (χ0v) is 16.0. The van der Waals surface area contributed by atoms with Gasteiger partial charge in [0, 0.05) is 37.5 Å². The molecule has 0 atom stereocenters. The van der Waals surface area contributed by atoms with E-state index in [0.717, 1.165) is 22.4 Å². The number of fused-ring (bicyclic) bond motifs is 1. The molecule has 136 valence electrons. The van der Waals surface area contributed by atoms with Gasteiger partial charge in [-0.3, -0.25) is 9.52 Å². The van der Waals surface area contributed by atoms with Gasteiger partial charge in [0.1, 0.15) is 0 Å². The normalized spacial score (nSPS) is 11.3. The van der Waals surface area contributed by atoms with Gasteiger partial charge in [0.25, 0.3) is 10.0 Å². The Morgan fingerprint density at radius 3 is 2.54 bits per heavy atom. The van der Waals surface area contributed by atoms with E-state index >= 15 is 0 Å². The van der Waals surface area contributed by atoms with Gasteiger partial charge in [-0.2, -0.15) is 4.98 Å². The van der Waals surface area contributed by atoms with Crippen molar-refractivity contribution in [2.24, 2.45) is 0 Å². The third-order valence-electron chi connectivity index (χ3n) is 3.58. The molecule has 7 nitrogen and oxygen atoms in total. The number of hydrogen-bond acceptors (Lipinski definition) is 7. The van der Waals surface area contributed by atoms with Crippen molar-refractivity contribution in [2.75, 3.05) is 23.7 Å². The Morgan fingerprint density at radius 1 is 1.15 bits per heavy atom. The summed E-state index contributed by atoms with van der Waals surface area (Å²) in [6, 6.07) is 10.6. The molecule has 0 aliphatic carbocycles. The second-order valence-electron chi connectivity index (χ2n) is 5.71. The van der Waals surface area contributed by atoms with Gasteiger partial charge in [0.2, 0.25) is 5.88 Å². The third-order valence-corrected chi connectivity index (χ3v) is 5.85. The number of hydrogen-bond donors (Lipinski definition) is 1. The van der Waals surface area contributed by atoms with Crippen molar-refractivity contribution in [3.05, 3.63) is 41.8 Å². The van der Waals surface area contributed by atoms with E-state index in [1.54, 1.807) is 18.2 Å². The largest absolute Gasteiger partial charge is 0.407 e. The molecule has 26 heavy (non-hydrogen) atoms. The molecule has 1 heterocycles. The topological polar surface area (TPSA) is 88.6 Å². The molecule has 0 spiro atoms. The molecule has 2 aromatic carbocycles. The van der Waals surface area contributed by atoms with E-state index in [1.807, 2.05) is 37.2 Å². The van der Waals surface area contributed by atoms with Gasteiger partial charge >= 0.3 is 5.97 Å². The molecule has 3 aromatic rings. The zero-order valence-electron chi connectivity index (χ0n) is 14.4. The molecule has 0 saturated heterocycles. The van der Waals surface area contributed by atoms with Crippen LogP contribution in [0.3, 0.4) is 0 Å². The van der Waals surface area contributed by atoms with E-state index in [9.17, 15) is 13.2 Å². The van der Waals surface area contributed by atoms with Crippen LogP contribution in [0.2, 0.25) is 0 Å². The molecule has 0 radical (unpaired) electrons. The Bertz CT molecular complexity index is 1070. The fourth-order valence-electron chi connectivity index (χ4n) is 2.56. The maximum absolute atomic E-state index is 12.9. The Kier molecular flexibility index (Phi) is 4.84. The molecule has 0 fully saturated rings. The van der Waals surface area contributed by atoms with Crippen LogP contribution in [0.4, 0.5) is 10.8 Å². The maximum atomic E-state index is 12.9. The van der Waals surface area contributed by atoms with Crippen LogP contribution in [0.15, 0.2) is 46.7 Å². The van der Waals surface area contributed by atoms with Gasteiger partial charge in [0.05, 0.1) is 10.3 Å². The van der Waals surface area contributed by atoms with Crippen molar-refractivity contribution in [3.8, 4) is 5.88 Å². The van der Waals surface area contributed by atoms with Crippen LogP contribution >= 0.6 is 11.3 Å². The van der Waals surface area contributed by atoms with E-state index < -0.39 is 16.0 Å². The minimum absolute atomic E-state index is 0.0630. The first-order chi connectivity index (χ1) is 12.3. The van der Waals surface area contributed by atoms with E-state index in [-0.39, 0.29) is 15.9 Å². The van der Waals surface area contributed by atoms with Gasteiger partial charge in [-0.25, -0.2) is 8.42 Å². The van der Waals surface area contributed by atoms with Crippen LogP contribution in [0.5, 0.6) is 5.88 Å². The molecule has 3 rings (SSSR count). The highest BCUT2D eigenvalue weighted by molar-refractivity contribution is 7.93. The molecule has 0 amide bonds. The van der Waals surface area contributed by atoms with Gasteiger partial charge in [-0.15, -0.1) is 11.3 Å². The molecule has 0 aliphatic rings. The number of nitrogens with one attached hydrogen (secondary N) is 1. The molecule has 9 heteroatoms. The number of rotatable bonds is 5. The van der Waals surface area contributed by atoms with E-state index in [4.69, 9.17) is 4.74 Å². The van der Waals surface area contributed by atoms with Crippen LogP contribution in [0, 0.1) is 0 Å². The number of carbonyl (C=O) groups excluding carboxylic acids is 1. The van der Waals surface area contributed by atoms with Crippen LogP contribution in [0.1, 0.15) is 6.92 Å². The standard InChI is InChI=1S/C17H17N3O4S2/c1-11(21)24-16-10-25-17(18-16)19-26(22,23)15-9-5-6-12-13(15)7-4-8-14(12)20(2)3/h4-10H,1-3H3,(H,18,19). The number of nitrogens with zero attached hydrogens (tertiary/aromatic N) is 2. The van der Waals surface area contributed by atoms with Crippen LogP contribution in [-0.2, 0) is 14.8 Å². The summed E-state index contributed by atoms with van der Waals surface area (Å²) in [5.74, 6) is -0.456. The van der Waals surface area contributed by atoms with Gasteiger partial charge < -0.3 is 9.64 Å². The lowest BCUT2D eigenvalue weighted by atomic mass is 10.1. The van der Waals surface area contributed by atoms with E-state index in [1.165, 1.54) is 12.3 Å². The Balaban J connectivity index is 2.01. The molecular weight excluding hydrogens is 374 g/mol. The van der Waals surface area contributed by atoms with Gasteiger partial charge in [-0.1, -0.05) is 24.3 Å².